The molecule has 0 aliphatic heterocycles. The second-order valence-corrected chi connectivity index (χ2v) is 3.77. The Kier molecular flexibility index (Phi) is 5.02. The Hall–Kier alpha value is -1.32. The summed E-state index contributed by atoms with van der Waals surface area (Å²) in [5.41, 5.74) is 1.25. The molecule has 0 aliphatic rings. The highest BCUT2D eigenvalue weighted by Gasteiger charge is 1.98. The molecular formula is C12H13ClO3. The van der Waals surface area contributed by atoms with E-state index in [2.05, 4.69) is 0 Å². The Morgan fingerprint density at radius 3 is 2.94 bits per heavy atom. The van der Waals surface area contributed by atoms with Gasteiger partial charge in [0, 0.05) is 10.6 Å². The number of ether oxygens (including phenoxy) is 1. The molecular weight excluding hydrogens is 228 g/mol. The van der Waals surface area contributed by atoms with Crippen LogP contribution in [0.15, 0.2) is 35.9 Å². The molecule has 0 radical (unpaired) electrons. The summed E-state index contributed by atoms with van der Waals surface area (Å²) in [4.78, 5) is 10.5. The lowest BCUT2D eigenvalue weighted by molar-refractivity contribution is -0.132. The van der Waals surface area contributed by atoms with Crippen LogP contribution in [0.2, 0.25) is 5.02 Å². The fraction of sp³-hybridized carbons (Fsp3) is 0.250. The van der Waals surface area contributed by atoms with Gasteiger partial charge in [0.2, 0.25) is 0 Å². The number of carboxylic acids is 1. The van der Waals surface area contributed by atoms with Crippen molar-refractivity contribution in [3.05, 3.63) is 46.5 Å². The second kappa shape index (κ2) is 6.30. The van der Waals surface area contributed by atoms with E-state index in [0.29, 0.717) is 11.6 Å². The summed E-state index contributed by atoms with van der Waals surface area (Å²) in [5.74, 6) is -0.925. The van der Waals surface area contributed by atoms with E-state index in [-0.39, 0.29) is 12.2 Å². The molecule has 4 heteroatoms. The Bertz CT molecular complexity index is 399. The van der Waals surface area contributed by atoms with Crippen molar-refractivity contribution < 1.29 is 14.6 Å². The molecule has 1 N–H and O–H groups in total. The van der Waals surface area contributed by atoms with Crippen LogP contribution in [0.25, 0.3) is 0 Å². The van der Waals surface area contributed by atoms with E-state index in [4.69, 9.17) is 21.4 Å². The largest absolute Gasteiger partial charge is 0.478 e. The highest BCUT2D eigenvalue weighted by Crippen LogP contribution is 2.11. The summed E-state index contributed by atoms with van der Waals surface area (Å²) in [6, 6.07) is 7.36. The van der Waals surface area contributed by atoms with Crippen LogP contribution >= 0.6 is 11.6 Å². The van der Waals surface area contributed by atoms with Gasteiger partial charge in [-0.25, -0.2) is 4.79 Å². The number of benzene rings is 1. The summed E-state index contributed by atoms with van der Waals surface area (Å²) >= 11 is 5.80. The highest BCUT2D eigenvalue weighted by molar-refractivity contribution is 6.30. The average Bonchev–Trinajstić information content (AvgIpc) is 2.24. The van der Waals surface area contributed by atoms with Gasteiger partial charge in [-0.05, 0) is 30.7 Å². The number of hydrogen-bond donors (Lipinski definition) is 1. The van der Waals surface area contributed by atoms with E-state index in [9.17, 15) is 4.79 Å². The van der Waals surface area contributed by atoms with Crippen molar-refractivity contribution in [3.63, 3.8) is 0 Å². The lowest BCUT2D eigenvalue weighted by atomic mass is 10.2. The van der Waals surface area contributed by atoms with Crippen LogP contribution in [-0.2, 0) is 16.1 Å². The lowest BCUT2D eigenvalue weighted by Gasteiger charge is -2.02. The molecule has 0 unspecified atom stereocenters. The molecule has 0 fully saturated rings. The molecule has 1 aromatic rings. The molecule has 0 aromatic heterocycles. The van der Waals surface area contributed by atoms with Gasteiger partial charge < -0.3 is 9.84 Å². The van der Waals surface area contributed by atoms with E-state index >= 15 is 0 Å². The van der Waals surface area contributed by atoms with Gasteiger partial charge in [0.15, 0.2) is 0 Å². The molecule has 0 saturated heterocycles. The molecule has 0 saturated carbocycles. The zero-order valence-corrected chi connectivity index (χ0v) is 9.70. The number of rotatable bonds is 5. The molecule has 16 heavy (non-hydrogen) atoms. The van der Waals surface area contributed by atoms with Crippen LogP contribution < -0.4 is 0 Å². The van der Waals surface area contributed by atoms with Crippen molar-refractivity contribution in [3.8, 4) is 0 Å². The molecule has 0 amide bonds. The number of aliphatic carboxylic acids is 1. The first-order valence-electron chi connectivity index (χ1n) is 4.82. The first-order chi connectivity index (χ1) is 7.59. The zero-order valence-electron chi connectivity index (χ0n) is 8.94. The zero-order chi connectivity index (χ0) is 12.0. The average molecular weight is 241 g/mol. The number of hydrogen-bond acceptors (Lipinski definition) is 2. The third kappa shape index (κ3) is 4.47. The maximum absolute atomic E-state index is 10.5. The third-order valence-corrected chi connectivity index (χ3v) is 2.24. The predicted octanol–water partition coefficient (Wildman–Crippen LogP) is 2.89. The molecule has 0 heterocycles. The topological polar surface area (TPSA) is 46.5 Å². The predicted molar refractivity (Wildman–Crippen MR) is 62.5 cm³/mol. The first kappa shape index (κ1) is 12.7. The van der Waals surface area contributed by atoms with Crippen molar-refractivity contribution in [2.75, 3.05) is 6.61 Å². The van der Waals surface area contributed by atoms with Crippen LogP contribution in [0.5, 0.6) is 0 Å². The van der Waals surface area contributed by atoms with Crippen LogP contribution in [0.3, 0.4) is 0 Å². The van der Waals surface area contributed by atoms with Crippen molar-refractivity contribution in [1.82, 2.24) is 0 Å². The fourth-order valence-corrected chi connectivity index (χ4v) is 1.29. The normalized spacial score (nSPS) is 11.5. The van der Waals surface area contributed by atoms with Crippen LogP contribution in [0.1, 0.15) is 12.5 Å². The van der Waals surface area contributed by atoms with Crippen molar-refractivity contribution >= 4 is 17.6 Å². The minimum atomic E-state index is -0.925. The quantitative estimate of drug-likeness (QED) is 0.636. The van der Waals surface area contributed by atoms with Gasteiger partial charge in [-0.2, -0.15) is 0 Å². The van der Waals surface area contributed by atoms with Crippen LogP contribution in [0.4, 0.5) is 0 Å². The standard InChI is InChI=1S/C12H13ClO3/c1-9(12(14)15)5-6-16-8-10-3-2-4-11(13)7-10/h2-5,7H,6,8H2,1H3,(H,14,15). The van der Waals surface area contributed by atoms with E-state index in [1.807, 2.05) is 18.2 Å². The molecule has 0 aliphatic carbocycles. The van der Waals surface area contributed by atoms with Crippen molar-refractivity contribution in [1.29, 1.82) is 0 Å². The van der Waals surface area contributed by atoms with Crippen LogP contribution in [-0.4, -0.2) is 17.7 Å². The van der Waals surface area contributed by atoms with E-state index in [1.54, 1.807) is 6.07 Å². The van der Waals surface area contributed by atoms with Gasteiger partial charge in [-0.3, -0.25) is 0 Å². The highest BCUT2D eigenvalue weighted by atomic mass is 35.5. The molecule has 3 nitrogen and oxygen atoms in total. The SMILES string of the molecule is CC(=CCOCc1cccc(Cl)c1)C(=O)O. The minimum Gasteiger partial charge on any atom is -0.478 e. The van der Waals surface area contributed by atoms with Gasteiger partial charge in [0.25, 0.3) is 0 Å². The summed E-state index contributed by atoms with van der Waals surface area (Å²) in [5, 5.41) is 9.26. The molecule has 0 atom stereocenters. The summed E-state index contributed by atoms with van der Waals surface area (Å²) in [6.45, 7) is 2.24. The third-order valence-electron chi connectivity index (χ3n) is 2.00. The summed E-state index contributed by atoms with van der Waals surface area (Å²) in [6.07, 6.45) is 1.53. The van der Waals surface area contributed by atoms with Gasteiger partial charge in [0.1, 0.15) is 0 Å². The van der Waals surface area contributed by atoms with Gasteiger partial charge >= 0.3 is 5.97 Å². The maximum atomic E-state index is 10.5. The molecule has 1 aromatic carbocycles. The number of halogens is 1. The van der Waals surface area contributed by atoms with Crippen molar-refractivity contribution in [2.24, 2.45) is 0 Å². The maximum Gasteiger partial charge on any atom is 0.331 e. The second-order valence-electron chi connectivity index (χ2n) is 3.34. The van der Waals surface area contributed by atoms with E-state index < -0.39 is 5.97 Å². The van der Waals surface area contributed by atoms with Gasteiger partial charge in [-0.15, -0.1) is 0 Å². The first-order valence-corrected chi connectivity index (χ1v) is 5.19. The van der Waals surface area contributed by atoms with Crippen molar-refractivity contribution in [2.45, 2.75) is 13.5 Å². The smallest absolute Gasteiger partial charge is 0.331 e. The van der Waals surface area contributed by atoms with E-state index in [1.165, 1.54) is 13.0 Å². The number of carbonyl (C=O) groups is 1. The van der Waals surface area contributed by atoms with Gasteiger partial charge in [0.05, 0.1) is 13.2 Å². The van der Waals surface area contributed by atoms with Gasteiger partial charge in [-0.1, -0.05) is 23.7 Å². The Morgan fingerprint density at radius 1 is 1.56 bits per heavy atom. The Morgan fingerprint density at radius 2 is 2.31 bits per heavy atom. The summed E-state index contributed by atoms with van der Waals surface area (Å²) < 4.78 is 5.30. The molecule has 0 bridgehead atoms. The monoisotopic (exact) mass is 240 g/mol. The minimum absolute atomic E-state index is 0.282. The molecule has 0 spiro atoms. The van der Waals surface area contributed by atoms with E-state index in [0.717, 1.165) is 5.56 Å². The lowest BCUT2D eigenvalue weighted by Crippen LogP contribution is -1.99. The Labute approximate surface area is 99.3 Å². The summed E-state index contributed by atoms with van der Waals surface area (Å²) in [7, 11) is 0. The molecule has 1 rings (SSSR count). The number of carboxylic acid groups (broad SMARTS) is 1. The molecule has 86 valence electrons. The fourth-order valence-electron chi connectivity index (χ4n) is 1.07. The van der Waals surface area contributed by atoms with Crippen LogP contribution in [0, 0.1) is 0 Å². The Balaban J connectivity index is 2.36.